The standard InChI is InChI=1S/C88H66F8N16/c1-42-17-9-25-50(33-42)97-59-41-58-60(76(99-52-27-11-19-44(3)35-52)75(59)98-51-26-10-18-43(2)34-51)82-104-81(58)105-83-61-62(68(90)72(94)71(93)67(61)89)84(106-83)107-85-63-64(70(92)74(96)73(95)69(63)91)86(108-85)110-88-66-65(87(109-82)112(88)111-57-32-16-24-49(8)40-57)77(100-53-28-12-20-45(4)36-53)79(102-55-30-14-22-47(6)38-55)80(103-56-31-15-23-48(7)39-56)78(66)101-54-29-13-21-46(5)37-54/h9-41,97-103,111H,1-8H3,(H,104,105,106,107,108,109,110). The number of nitrogens with one attached hydrogen (secondary N) is 9. The Bertz CT molecular complexity index is 6660. The molecule has 12 aromatic carbocycles. The topological polar surface area (TPSA) is 194 Å². The van der Waals surface area contributed by atoms with Gasteiger partial charge in [0.15, 0.2) is 81.1 Å². The zero-order chi connectivity index (χ0) is 77.7. The molecule has 112 heavy (non-hydrogen) atoms. The van der Waals surface area contributed by atoms with Crippen LogP contribution in [0.4, 0.5) is 120 Å². The van der Waals surface area contributed by atoms with Crippen molar-refractivity contribution in [3.8, 4) is 45.6 Å². The van der Waals surface area contributed by atoms with E-state index >= 15 is 35.1 Å². The van der Waals surface area contributed by atoms with E-state index in [4.69, 9.17) is 19.9 Å². The molecule has 0 fully saturated rings. The fourth-order valence-corrected chi connectivity index (χ4v) is 14.4. The lowest BCUT2D eigenvalue weighted by Gasteiger charge is -2.25. The molecule has 24 heteroatoms. The first-order valence-electron chi connectivity index (χ1n) is 35.8. The van der Waals surface area contributed by atoms with E-state index in [0.29, 0.717) is 73.9 Å². The molecule has 2 aliphatic heterocycles. The number of aromatic nitrogens is 8. The first-order valence-corrected chi connectivity index (χ1v) is 35.8. The van der Waals surface area contributed by atoms with Crippen LogP contribution in [0.2, 0.25) is 0 Å². The van der Waals surface area contributed by atoms with Crippen LogP contribution in [0.1, 0.15) is 44.5 Å². The fraction of sp³-hybridized carbons (Fsp3) is 0.0909. The number of benzene rings is 12. The van der Waals surface area contributed by atoms with Crippen LogP contribution in [-0.2, 0) is 0 Å². The van der Waals surface area contributed by atoms with E-state index in [0.717, 1.165) is 44.5 Å². The van der Waals surface area contributed by atoms with Crippen LogP contribution in [0.15, 0.2) is 200 Å². The average Bonchev–Trinajstić information content (AvgIpc) is 1.54. The summed E-state index contributed by atoms with van der Waals surface area (Å²) in [5.41, 5.74) is 13.6. The predicted octanol–water partition coefficient (Wildman–Crippen LogP) is 24.0. The molecule has 8 bridgehead atoms. The molecule has 3 aromatic heterocycles. The molecule has 0 atom stereocenters. The van der Waals surface area contributed by atoms with Crippen molar-refractivity contribution >= 4 is 129 Å². The maximum atomic E-state index is 17.7. The van der Waals surface area contributed by atoms with Crippen LogP contribution in [0.25, 0.3) is 89.7 Å². The third-order valence-corrected chi connectivity index (χ3v) is 19.4. The number of H-pyrrole nitrogens is 1. The molecule has 0 radical (unpaired) electrons. The van der Waals surface area contributed by atoms with Gasteiger partial charge < -0.3 is 42.2 Å². The Morgan fingerprint density at radius 3 is 0.938 bits per heavy atom. The van der Waals surface area contributed by atoms with Crippen LogP contribution in [0, 0.1) is 102 Å². The number of fused-ring (bicyclic) bond motifs is 20. The Morgan fingerprint density at radius 2 is 0.554 bits per heavy atom. The second-order valence-corrected chi connectivity index (χ2v) is 28.1. The molecule has 17 rings (SSSR count). The number of hydrogen-bond acceptors (Lipinski definition) is 14. The van der Waals surface area contributed by atoms with Gasteiger partial charge in [0.05, 0.1) is 83.7 Å². The van der Waals surface area contributed by atoms with Crippen molar-refractivity contribution < 1.29 is 35.1 Å². The van der Waals surface area contributed by atoms with Gasteiger partial charge in [0.2, 0.25) is 0 Å². The van der Waals surface area contributed by atoms with Crippen LogP contribution in [0.5, 0.6) is 0 Å². The fourth-order valence-electron chi connectivity index (χ4n) is 14.4. The van der Waals surface area contributed by atoms with Gasteiger partial charge in [0.1, 0.15) is 11.3 Å². The van der Waals surface area contributed by atoms with Crippen molar-refractivity contribution in [2.45, 2.75) is 55.4 Å². The monoisotopic (exact) mass is 1500 g/mol. The highest BCUT2D eigenvalue weighted by atomic mass is 19.2. The van der Waals surface area contributed by atoms with Crippen LogP contribution in [-0.4, -0.2) is 39.6 Å². The molecule has 5 heterocycles. The number of halogens is 8. The van der Waals surface area contributed by atoms with Gasteiger partial charge in [-0.25, -0.2) is 69.7 Å². The average molecular weight is 1500 g/mol. The van der Waals surface area contributed by atoms with E-state index in [1.807, 2.05) is 237 Å². The lowest BCUT2D eigenvalue weighted by Crippen LogP contribution is -2.11. The molecule has 0 aliphatic carbocycles. The summed E-state index contributed by atoms with van der Waals surface area (Å²) in [5.74, 6) is -19.4. The van der Waals surface area contributed by atoms with Gasteiger partial charge in [-0.15, -0.1) is 0 Å². The van der Waals surface area contributed by atoms with E-state index in [1.54, 1.807) is 18.2 Å². The van der Waals surface area contributed by atoms with Gasteiger partial charge in [0.25, 0.3) is 0 Å². The lowest BCUT2D eigenvalue weighted by molar-refractivity contribution is 0.412. The van der Waals surface area contributed by atoms with E-state index in [9.17, 15) is 0 Å². The number of nitrogens with zero attached hydrogens (tertiary/aromatic N) is 7. The quantitative estimate of drug-likeness (QED) is 0.0252. The Kier molecular flexibility index (Phi) is 17.8. The molecule has 0 saturated heterocycles. The smallest absolute Gasteiger partial charge is 0.198 e. The molecule has 0 spiro atoms. The van der Waals surface area contributed by atoms with E-state index in [2.05, 4.69) is 57.6 Å². The first-order chi connectivity index (χ1) is 54.0. The van der Waals surface area contributed by atoms with Crippen LogP contribution < -0.4 is 42.6 Å². The molecule has 0 unspecified atom stereocenters. The molecule has 15 aromatic rings. The zero-order valence-electron chi connectivity index (χ0n) is 61.2. The largest absolute Gasteiger partial charge is 0.354 e. The van der Waals surface area contributed by atoms with Crippen LogP contribution >= 0.6 is 0 Å². The summed E-state index contributed by atoms with van der Waals surface area (Å²) in [6.07, 6.45) is 0. The van der Waals surface area contributed by atoms with E-state index < -0.39 is 91.4 Å². The zero-order valence-corrected chi connectivity index (χ0v) is 61.2. The minimum Gasteiger partial charge on any atom is -0.354 e. The van der Waals surface area contributed by atoms with Gasteiger partial charge >= 0.3 is 0 Å². The van der Waals surface area contributed by atoms with Crippen molar-refractivity contribution in [1.29, 1.82) is 0 Å². The Labute approximate surface area is 635 Å². The third-order valence-electron chi connectivity index (χ3n) is 19.4. The number of rotatable bonds is 16. The summed E-state index contributed by atoms with van der Waals surface area (Å²) >= 11 is 0. The molecule has 0 amide bonds. The second-order valence-electron chi connectivity index (χ2n) is 28.1. The van der Waals surface area contributed by atoms with Crippen LogP contribution in [0.3, 0.4) is 0 Å². The van der Waals surface area contributed by atoms with E-state index in [-0.39, 0.29) is 56.2 Å². The highest BCUT2D eigenvalue weighted by molar-refractivity contribution is 6.27. The number of anilines is 15. The maximum Gasteiger partial charge on any atom is 0.198 e. The van der Waals surface area contributed by atoms with Gasteiger partial charge in [-0.1, -0.05) is 97.1 Å². The second kappa shape index (κ2) is 28.1. The maximum absolute atomic E-state index is 17.7. The summed E-state index contributed by atoms with van der Waals surface area (Å²) in [6.45, 7) is 15.5. The molecular weight excluding hydrogens is 1430 g/mol. The van der Waals surface area contributed by atoms with Crippen molar-refractivity contribution in [2.75, 3.05) is 42.6 Å². The highest BCUT2D eigenvalue weighted by Crippen LogP contribution is 2.55. The molecule has 2 aliphatic rings. The van der Waals surface area contributed by atoms with Gasteiger partial charge in [-0.05, 0) is 203 Å². The number of hydrogen-bond donors (Lipinski definition) is 9. The van der Waals surface area contributed by atoms with Gasteiger partial charge in [-0.2, -0.15) is 0 Å². The number of aromatic amines is 1. The van der Waals surface area contributed by atoms with Crippen molar-refractivity contribution in [3.63, 3.8) is 0 Å². The molecular formula is C88H66F8N16. The molecule has 0 saturated carbocycles. The Balaban J connectivity index is 1.17. The van der Waals surface area contributed by atoms with Crippen molar-refractivity contribution in [1.82, 2.24) is 39.6 Å². The molecule has 9 N–H and O–H groups in total. The molecule has 554 valence electrons. The predicted molar refractivity (Wildman–Crippen MR) is 431 cm³/mol. The summed E-state index contributed by atoms with van der Waals surface area (Å²) in [7, 11) is 0. The number of aryl methyl sites for hydroxylation is 8. The normalized spacial score (nSPS) is 11.6. The van der Waals surface area contributed by atoms with Gasteiger partial charge in [0, 0.05) is 45.4 Å². The van der Waals surface area contributed by atoms with Gasteiger partial charge in [-0.3, -0.25) is 5.43 Å². The third kappa shape index (κ3) is 13.0. The Morgan fingerprint density at radius 1 is 0.259 bits per heavy atom. The Hall–Kier alpha value is -14.2. The summed E-state index contributed by atoms with van der Waals surface area (Å²) < 4.78 is 136. The SMILES string of the molecule is Cc1cccc(Nc2cc3c(c(Nc4cccc(C)c4)c2Nc2cccc(C)c2)-c2nc-3nc3[nH]c(nc4nc(nc5c6c(Nc7cccc(C)c7)c(Nc7cccc(C)c7)c(Nc7cccc(C)c7)c(Nc7cccc(C)c7)c6c(n2)n5Nc2cccc(C)c2)-c2c(F)c(F)c(F)c(F)c2-4)c2c(F)c(F)c(F)c(F)c32)c1. The minimum atomic E-state index is -2.30. The lowest BCUT2D eigenvalue weighted by atomic mass is 10.0. The minimum absolute atomic E-state index is 0.0651. The summed E-state index contributed by atoms with van der Waals surface area (Å²) in [5, 5.41) is 24.6. The molecule has 16 nitrogen and oxygen atoms in total. The first kappa shape index (κ1) is 70.8. The summed E-state index contributed by atoms with van der Waals surface area (Å²) in [4.78, 5) is 33.4. The van der Waals surface area contributed by atoms with Crippen molar-refractivity contribution in [3.05, 3.63) is 291 Å². The van der Waals surface area contributed by atoms with Crippen molar-refractivity contribution in [2.24, 2.45) is 0 Å². The summed E-state index contributed by atoms with van der Waals surface area (Å²) in [6, 6.07) is 62.6. The van der Waals surface area contributed by atoms with E-state index in [1.165, 1.54) is 4.68 Å². The highest BCUT2D eigenvalue weighted by Gasteiger charge is 2.38.